The summed E-state index contributed by atoms with van der Waals surface area (Å²) in [5.74, 6) is -0.991. The molecule has 0 spiro atoms. The van der Waals surface area contributed by atoms with Gasteiger partial charge in [0.1, 0.15) is 5.56 Å². The molecule has 0 radical (unpaired) electrons. The predicted molar refractivity (Wildman–Crippen MR) is 104 cm³/mol. The molecule has 0 bridgehead atoms. The van der Waals surface area contributed by atoms with E-state index in [1.165, 1.54) is 0 Å². The standard InChI is InChI=1S/C21H17F3N2O4/c1-30-20(29)17-18(25)13-6-4-11(21(22,23)24)8-15(13)26(19(17)28)12-5-2-10-3-7-16(27)14(10)9-12/h2,4-6,8-9,16,27H,3,7,25H2,1H3. The second-order valence-electron chi connectivity index (χ2n) is 7.09. The molecule has 1 atom stereocenters. The lowest BCUT2D eigenvalue weighted by molar-refractivity contribution is -0.137. The van der Waals surface area contributed by atoms with E-state index in [2.05, 4.69) is 4.74 Å². The van der Waals surface area contributed by atoms with Gasteiger partial charge in [-0.1, -0.05) is 12.1 Å². The topological polar surface area (TPSA) is 94.6 Å². The SMILES string of the molecule is COC(=O)c1c(N)c2ccc(C(F)(F)F)cc2n(-c2ccc3c(c2)C(O)CC3)c1=O. The quantitative estimate of drug-likeness (QED) is 0.623. The first-order valence-corrected chi connectivity index (χ1v) is 9.08. The van der Waals surface area contributed by atoms with Crippen molar-refractivity contribution in [3.05, 3.63) is 69.0 Å². The van der Waals surface area contributed by atoms with E-state index >= 15 is 0 Å². The first kappa shape index (κ1) is 20.0. The summed E-state index contributed by atoms with van der Waals surface area (Å²) in [4.78, 5) is 25.4. The van der Waals surface area contributed by atoms with Crippen LogP contribution < -0.4 is 11.3 Å². The first-order valence-electron chi connectivity index (χ1n) is 9.08. The molecular weight excluding hydrogens is 401 g/mol. The highest BCUT2D eigenvalue weighted by molar-refractivity contribution is 6.04. The van der Waals surface area contributed by atoms with Crippen molar-refractivity contribution >= 4 is 22.6 Å². The van der Waals surface area contributed by atoms with Gasteiger partial charge < -0.3 is 15.6 Å². The zero-order chi connectivity index (χ0) is 21.8. The summed E-state index contributed by atoms with van der Waals surface area (Å²) in [6.07, 6.45) is -4.21. The van der Waals surface area contributed by atoms with Crippen molar-refractivity contribution < 1.29 is 27.8 Å². The van der Waals surface area contributed by atoms with Crippen molar-refractivity contribution in [1.29, 1.82) is 0 Å². The lowest BCUT2D eigenvalue weighted by atomic mass is 10.0. The third-order valence-corrected chi connectivity index (χ3v) is 5.37. The molecule has 0 saturated heterocycles. The maximum Gasteiger partial charge on any atom is 0.416 e. The fourth-order valence-electron chi connectivity index (χ4n) is 3.85. The van der Waals surface area contributed by atoms with Crippen molar-refractivity contribution in [3.63, 3.8) is 0 Å². The number of alkyl halides is 3. The molecule has 1 heterocycles. The van der Waals surface area contributed by atoms with Crippen LogP contribution in [0.5, 0.6) is 0 Å². The molecule has 1 aromatic heterocycles. The van der Waals surface area contributed by atoms with E-state index in [0.29, 0.717) is 18.4 Å². The van der Waals surface area contributed by atoms with Crippen molar-refractivity contribution in [1.82, 2.24) is 4.57 Å². The molecule has 1 unspecified atom stereocenters. The molecule has 0 aliphatic heterocycles. The Morgan fingerprint density at radius 1 is 1.23 bits per heavy atom. The number of nitrogens with two attached hydrogens (primary N) is 1. The van der Waals surface area contributed by atoms with Crippen molar-refractivity contribution in [2.75, 3.05) is 12.8 Å². The van der Waals surface area contributed by atoms with E-state index in [4.69, 9.17) is 5.73 Å². The summed E-state index contributed by atoms with van der Waals surface area (Å²) < 4.78 is 45.6. The van der Waals surface area contributed by atoms with Gasteiger partial charge in [0.25, 0.3) is 5.56 Å². The fraction of sp³-hybridized carbons (Fsp3) is 0.238. The number of hydrogen-bond acceptors (Lipinski definition) is 5. The van der Waals surface area contributed by atoms with Gasteiger partial charge in [0.15, 0.2) is 0 Å². The van der Waals surface area contributed by atoms with Crippen LogP contribution in [0.4, 0.5) is 18.9 Å². The number of aliphatic hydroxyl groups excluding tert-OH is 1. The highest BCUT2D eigenvalue weighted by Gasteiger charge is 2.32. The van der Waals surface area contributed by atoms with E-state index in [9.17, 15) is 27.9 Å². The van der Waals surface area contributed by atoms with Gasteiger partial charge in [0, 0.05) is 11.1 Å². The molecule has 1 aliphatic rings. The number of aliphatic hydroxyl groups is 1. The van der Waals surface area contributed by atoms with Crippen LogP contribution in [0.15, 0.2) is 41.2 Å². The first-order chi connectivity index (χ1) is 14.1. The molecule has 4 rings (SSSR count). The smallest absolute Gasteiger partial charge is 0.416 e. The zero-order valence-electron chi connectivity index (χ0n) is 15.8. The number of aromatic nitrogens is 1. The predicted octanol–water partition coefficient (Wildman–Crippen LogP) is 3.36. The monoisotopic (exact) mass is 418 g/mol. The van der Waals surface area contributed by atoms with E-state index in [-0.39, 0.29) is 22.3 Å². The van der Waals surface area contributed by atoms with E-state index in [1.54, 1.807) is 18.2 Å². The van der Waals surface area contributed by atoms with Gasteiger partial charge >= 0.3 is 12.1 Å². The molecule has 30 heavy (non-hydrogen) atoms. The van der Waals surface area contributed by atoms with Gasteiger partial charge in [-0.15, -0.1) is 0 Å². The summed E-state index contributed by atoms with van der Waals surface area (Å²) in [5.41, 5.74) is 4.99. The number of rotatable bonds is 2. The number of ether oxygens (including phenoxy) is 1. The molecule has 6 nitrogen and oxygen atoms in total. The number of halogens is 3. The lowest BCUT2D eigenvalue weighted by Crippen LogP contribution is -2.28. The van der Waals surface area contributed by atoms with Crippen LogP contribution in [-0.4, -0.2) is 22.8 Å². The number of benzene rings is 2. The minimum Gasteiger partial charge on any atom is -0.465 e. The summed E-state index contributed by atoms with van der Waals surface area (Å²) in [6.45, 7) is 0. The van der Waals surface area contributed by atoms with Gasteiger partial charge in [0.2, 0.25) is 0 Å². The number of anilines is 1. The second kappa shape index (κ2) is 6.88. The fourth-order valence-corrected chi connectivity index (χ4v) is 3.85. The molecule has 2 aromatic carbocycles. The summed E-state index contributed by atoms with van der Waals surface area (Å²) in [6, 6.07) is 7.60. The van der Waals surface area contributed by atoms with E-state index in [0.717, 1.165) is 35.4 Å². The lowest BCUT2D eigenvalue weighted by Gasteiger charge is -2.18. The second-order valence-corrected chi connectivity index (χ2v) is 7.09. The van der Waals surface area contributed by atoms with Gasteiger partial charge in [-0.2, -0.15) is 13.2 Å². The Hall–Kier alpha value is -3.33. The summed E-state index contributed by atoms with van der Waals surface area (Å²) in [5, 5.41) is 10.3. The minimum absolute atomic E-state index is 0.101. The van der Waals surface area contributed by atoms with Gasteiger partial charge in [-0.25, -0.2) is 4.79 Å². The maximum atomic E-state index is 13.3. The van der Waals surface area contributed by atoms with E-state index in [1.807, 2.05) is 0 Å². The Labute approximate surface area is 168 Å². The van der Waals surface area contributed by atoms with Gasteiger partial charge in [-0.3, -0.25) is 9.36 Å². The van der Waals surface area contributed by atoms with Crippen molar-refractivity contribution in [2.24, 2.45) is 0 Å². The van der Waals surface area contributed by atoms with Crippen molar-refractivity contribution in [3.8, 4) is 5.69 Å². The molecule has 3 N–H and O–H groups in total. The molecule has 0 saturated carbocycles. The number of carbonyl (C=O) groups is 1. The largest absolute Gasteiger partial charge is 0.465 e. The number of carbonyl (C=O) groups excluding carboxylic acids is 1. The summed E-state index contributed by atoms with van der Waals surface area (Å²) in [7, 11) is 1.08. The van der Waals surface area contributed by atoms with Crippen LogP contribution in [0.1, 0.15) is 39.6 Å². The third-order valence-electron chi connectivity index (χ3n) is 5.37. The molecule has 1 aliphatic carbocycles. The van der Waals surface area contributed by atoms with E-state index < -0.39 is 34.9 Å². The van der Waals surface area contributed by atoms with Crippen LogP contribution >= 0.6 is 0 Å². The zero-order valence-corrected chi connectivity index (χ0v) is 15.8. The van der Waals surface area contributed by atoms with Crippen LogP contribution in [-0.2, 0) is 17.3 Å². The number of hydrogen-bond donors (Lipinski definition) is 2. The Morgan fingerprint density at radius 3 is 2.63 bits per heavy atom. The third kappa shape index (κ3) is 3.02. The number of fused-ring (bicyclic) bond motifs is 2. The van der Waals surface area contributed by atoms with Gasteiger partial charge in [-0.05, 0) is 48.2 Å². The molecular formula is C21H17F3N2O4. The molecule has 9 heteroatoms. The van der Waals surface area contributed by atoms with Crippen LogP contribution in [0.2, 0.25) is 0 Å². The Balaban J connectivity index is 2.12. The highest BCUT2D eigenvalue weighted by atomic mass is 19.4. The molecule has 3 aromatic rings. The van der Waals surface area contributed by atoms with Crippen LogP contribution in [0.25, 0.3) is 16.6 Å². The number of pyridine rings is 1. The number of aryl methyl sites for hydroxylation is 1. The Morgan fingerprint density at radius 2 is 1.97 bits per heavy atom. The van der Waals surface area contributed by atoms with Crippen molar-refractivity contribution in [2.45, 2.75) is 25.1 Å². The van der Waals surface area contributed by atoms with Crippen LogP contribution in [0, 0.1) is 0 Å². The number of nitrogens with zero attached hydrogens (tertiary/aromatic N) is 1. The number of methoxy groups -OCH3 is 1. The normalized spacial score (nSPS) is 16.0. The highest BCUT2D eigenvalue weighted by Crippen LogP contribution is 2.36. The van der Waals surface area contributed by atoms with Gasteiger partial charge in [0.05, 0.1) is 30.0 Å². The van der Waals surface area contributed by atoms with Crippen LogP contribution in [0.3, 0.4) is 0 Å². The average molecular weight is 418 g/mol. The minimum atomic E-state index is -4.64. The number of esters is 1. The average Bonchev–Trinajstić information content (AvgIpc) is 3.07. The molecule has 156 valence electrons. The Kier molecular flexibility index (Phi) is 4.58. The number of nitrogen functional groups attached to an aromatic ring is 1. The molecule has 0 fully saturated rings. The maximum absolute atomic E-state index is 13.3. The Bertz CT molecular complexity index is 1250. The summed E-state index contributed by atoms with van der Waals surface area (Å²) >= 11 is 0. The molecule has 0 amide bonds.